The number of thiophene rings is 1. The molecule has 0 saturated carbocycles. The molecule has 0 fully saturated rings. The Morgan fingerprint density at radius 2 is 0.814 bits per heavy atom. The monoisotopic (exact) mass is 567 g/mol. The molecule has 0 spiro atoms. The van der Waals surface area contributed by atoms with Crippen LogP contribution in [0.1, 0.15) is 0 Å². The molecular formula is C39H25N3S. The van der Waals surface area contributed by atoms with Crippen LogP contribution >= 0.6 is 11.3 Å². The van der Waals surface area contributed by atoms with Crippen LogP contribution in [-0.2, 0) is 0 Å². The second-order valence-corrected chi connectivity index (χ2v) is 11.6. The highest BCUT2D eigenvalue weighted by molar-refractivity contribution is 7.25. The Bertz CT molecular complexity index is 2220. The number of hydrogen-bond donors (Lipinski definition) is 0. The van der Waals surface area contributed by atoms with Crippen molar-refractivity contribution in [2.45, 2.75) is 0 Å². The summed E-state index contributed by atoms with van der Waals surface area (Å²) in [5, 5.41) is 2.54. The molecule has 2 aromatic heterocycles. The van der Waals surface area contributed by atoms with E-state index in [4.69, 9.17) is 15.0 Å². The van der Waals surface area contributed by atoms with Crippen molar-refractivity contribution < 1.29 is 0 Å². The van der Waals surface area contributed by atoms with Gasteiger partial charge in [-0.05, 0) is 40.5 Å². The third-order valence-corrected chi connectivity index (χ3v) is 8.89. The molecule has 4 heteroatoms. The Kier molecular flexibility index (Phi) is 6.32. The minimum Gasteiger partial charge on any atom is -0.208 e. The van der Waals surface area contributed by atoms with Gasteiger partial charge in [0.1, 0.15) is 0 Å². The van der Waals surface area contributed by atoms with Crippen molar-refractivity contribution >= 4 is 31.5 Å². The van der Waals surface area contributed by atoms with E-state index in [1.54, 1.807) is 11.3 Å². The molecule has 202 valence electrons. The first-order valence-corrected chi connectivity index (χ1v) is 15.1. The van der Waals surface area contributed by atoms with Crippen molar-refractivity contribution in [2.75, 3.05) is 0 Å². The Balaban J connectivity index is 1.32. The zero-order chi connectivity index (χ0) is 28.6. The standard InChI is InChI=1S/C39H25N3S/c1-4-12-26(13-5-1)31-22-20-29(24-34(31)27-14-6-2-7-15-27)38-40-37(28-16-8-3-9-17-28)41-39(42-38)30-21-23-33-32-18-10-11-19-35(32)43-36(33)25-30/h1-25H. The second kappa shape index (κ2) is 10.8. The summed E-state index contributed by atoms with van der Waals surface area (Å²) in [6.07, 6.45) is 0. The largest absolute Gasteiger partial charge is 0.208 e. The van der Waals surface area contributed by atoms with Crippen LogP contribution in [0.4, 0.5) is 0 Å². The zero-order valence-electron chi connectivity index (χ0n) is 23.2. The topological polar surface area (TPSA) is 38.7 Å². The predicted octanol–water partition coefficient (Wildman–Crippen LogP) is 10.6. The lowest BCUT2D eigenvalue weighted by Gasteiger charge is -2.14. The molecule has 0 radical (unpaired) electrons. The smallest absolute Gasteiger partial charge is 0.164 e. The molecule has 8 aromatic rings. The average Bonchev–Trinajstić information content (AvgIpc) is 3.47. The van der Waals surface area contributed by atoms with Crippen LogP contribution in [0.15, 0.2) is 152 Å². The van der Waals surface area contributed by atoms with E-state index in [-0.39, 0.29) is 0 Å². The van der Waals surface area contributed by atoms with Gasteiger partial charge in [0.15, 0.2) is 17.5 Å². The van der Waals surface area contributed by atoms with Crippen LogP contribution in [-0.4, -0.2) is 15.0 Å². The fourth-order valence-electron chi connectivity index (χ4n) is 5.62. The SMILES string of the molecule is c1ccc(-c2nc(-c3ccc(-c4ccccc4)c(-c4ccccc4)c3)nc(-c3ccc4c(c3)sc3ccccc34)n2)cc1. The lowest BCUT2D eigenvalue weighted by atomic mass is 9.92. The van der Waals surface area contributed by atoms with Gasteiger partial charge in [-0.1, -0.05) is 133 Å². The van der Waals surface area contributed by atoms with E-state index in [2.05, 4.69) is 109 Å². The van der Waals surface area contributed by atoms with Gasteiger partial charge in [0, 0.05) is 36.9 Å². The van der Waals surface area contributed by atoms with Crippen LogP contribution in [0.3, 0.4) is 0 Å². The minimum absolute atomic E-state index is 0.650. The molecule has 0 aliphatic heterocycles. The molecule has 0 N–H and O–H groups in total. The van der Waals surface area contributed by atoms with Crippen LogP contribution in [0.2, 0.25) is 0 Å². The number of hydrogen-bond acceptors (Lipinski definition) is 4. The van der Waals surface area contributed by atoms with E-state index in [0.29, 0.717) is 17.5 Å². The molecule has 8 rings (SSSR count). The Labute approximate surface area is 253 Å². The summed E-state index contributed by atoms with van der Waals surface area (Å²) < 4.78 is 2.50. The van der Waals surface area contributed by atoms with Gasteiger partial charge in [0.25, 0.3) is 0 Å². The van der Waals surface area contributed by atoms with Crippen molar-refractivity contribution in [1.82, 2.24) is 15.0 Å². The number of fused-ring (bicyclic) bond motifs is 3. The Hall–Kier alpha value is -5.45. The summed E-state index contributed by atoms with van der Waals surface area (Å²) in [6.45, 7) is 0. The first-order chi connectivity index (χ1) is 21.3. The third kappa shape index (κ3) is 4.78. The Morgan fingerprint density at radius 1 is 0.326 bits per heavy atom. The summed E-state index contributed by atoms with van der Waals surface area (Å²) in [6, 6.07) is 52.8. The van der Waals surface area contributed by atoms with Crippen molar-refractivity contribution in [2.24, 2.45) is 0 Å². The van der Waals surface area contributed by atoms with Gasteiger partial charge >= 0.3 is 0 Å². The molecule has 0 unspecified atom stereocenters. The van der Waals surface area contributed by atoms with Crippen molar-refractivity contribution in [3.63, 3.8) is 0 Å². The maximum Gasteiger partial charge on any atom is 0.164 e. The fourth-order valence-corrected chi connectivity index (χ4v) is 6.77. The highest BCUT2D eigenvalue weighted by Crippen LogP contribution is 2.38. The normalized spacial score (nSPS) is 11.3. The molecule has 3 nitrogen and oxygen atoms in total. The van der Waals surface area contributed by atoms with E-state index in [1.807, 2.05) is 42.5 Å². The highest BCUT2D eigenvalue weighted by Gasteiger charge is 2.16. The second-order valence-electron chi connectivity index (χ2n) is 10.5. The summed E-state index contributed by atoms with van der Waals surface area (Å²) in [5.41, 5.74) is 7.51. The summed E-state index contributed by atoms with van der Waals surface area (Å²) in [7, 11) is 0. The van der Waals surface area contributed by atoms with Crippen LogP contribution in [0, 0.1) is 0 Å². The quantitative estimate of drug-likeness (QED) is 0.208. The maximum absolute atomic E-state index is 5.08. The van der Waals surface area contributed by atoms with Crippen LogP contribution < -0.4 is 0 Å². The number of rotatable bonds is 5. The maximum atomic E-state index is 5.08. The van der Waals surface area contributed by atoms with E-state index in [9.17, 15) is 0 Å². The molecular weight excluding hydrogens is 543 g/mol. The van der Waals surface area contributed by atoms with Gasteiger partial charge in [0.2, 0.25) is 0 Å². The number of nitrogens with zero attached hydrogens (tertiary/aromatic N) is 3. The molecule has 6 aromatic carbocycles. The van der Waals surface area contributed by atoms with Gasteiger partial charge in [-0.15, -0.1) is 11.3 Å². The van der Waals surface area contributed by atoms with E-state index in [1.165, 1.54) is 31.3 Å². The average molecular weight is 568 g/mol. The lowest BCUT2D eigenvalue weighted by molar-refractivity contribution is 1.07. The van der Waals surface area contributed by atoms with Gasteiger partial charge in [-0.3, -0.25) is 0 Å². The van der Waals surface area contributed by atoms with Crippen molar-refractivity contribution in [3.05, 3.63) is 152 Å². The molecule has 0 atom stereocenters. The first kappa shape index (κ1) is 25.3. The molecule has 0 bridgehead atoms. The summed E-state index contributed by atoms with van der Waals surface area (Å²) in [4.78, 5) is 15.1. The summed E-state index contributed by atoms with van der Waals surface area (Å²) >= 11 is 1.80. The molecule has 0 aliphatic carbocycles. The van der Waals surface area contributed by atoms with Crippen LogP contribution in [0.5, 0.6) is 0 Å². The lowest BCUT2D eigenvalue weighted by Crippen LogP contribution is -2.00. The van der Waals surface area contributed by atoms with Gasteiger partial charge < -0.3 is 0 Å². The number of aromatic nitrogens is 3. The molecule has 43 heavy (non-hydrogen) atoms. The van der Waals surface area contributed by atoms with E-state index < -0.39 is 0 Å². The fraction of sp³-hybridized carbons (Fsp3) is 0. The van der Waals surface area contributed by atoms with Crippen molar-refractivity contribution in [1.29, 1.82) is 0 Å². The van der Waals surface area contributed by atoms with E-state index in [0.717, 1.165) is 27.8 Å². The van der Waals surface area contributed by atoms with Crippen LogP contribution in [0.25, 0.3) is 76.6 Å². The van der Waals surface area contributed by atoms with Crippen molar-refractivity contribution in [3.8, 4) is 56.4 Å². The first-order valence-electron chi connectivity index (χ1n) is 14.3. The van der Waals surface area contributed by atoms with Gasteiger partial charge in [-0.2, -0.15) is 0 Å². The molecule has 0 amide bonds. The highest BCUT2D eigenvalue weighted by atomic mass is 32.1. The molecule has 0 aliphatic rings. The zero-order valence-corrected chi connectivity index (χ0v) is 24.0. The number of benzene rings is 6. The van der Waals surface area contributed by atoms with Gasteiger partial charge in [0.05, 0.1) is 0 Å². The predicted molar refractivity (Wildman–Crippen MR) is 180 cm³/mol. The Morgan fingerprint density at radius 3 is 1.49 bits per heavy atom. The van der Waals surface area contributed by atoms with Gasteiger partial charge in [-0.25, -0.2) is 15.0 Å². The van der Waals surface area contributed by atoms with E-state index >= 15 is 0 Å². The molecule has 2 heterocycles. The third-order valence-electron chi connectivity index (χ3n) is 7.75. The summed E-state index contributed by atoms with van der Waals surface area (Å²) in [5.74, 6) is 1.97. The minimum atomic E-state index is 0.650. The molecule has 0 saturated heterocycles.